The monoisotopic (exact) mass is 353 g/mol. The Morgan fingerprint density at radius 1 is 1.36 bits per heavy atom. The van der Waals surface area contributed by atoms with Crippen molar-refractivity contribution < 1.29 is 33.3 Å². The average Bonchev–Trinajstić information content (AvgIpc) is 3.02. The maximum atomic E-state index is 14.4. The number of carbonyl (C=O) groups is 2. The quantitative estimate of drug-likeness (QED) is 0.881. The molecule has 2 fully saturated rings. The largest absolute Gasteiger partial charge is 0.493 e. The van der Waals surface area contributed by atoms with Crippen LogP contribution in [0.25, 0.3) is 0 Å². The van der Waals surface area contributed by atoms with Crippen LogP contribution in [-0.4, -0.2) is 62.4 Å². The molecule has 1 N–H and O–H groups in total. The van der Waals surface area contributed by atoms with Crippen molar-refractivity contribution in [3.8, 4) is 11.5 Å². The van der Waals surface area contributed by atoms with Crippen LogP contribution in [0.1, 0.15) is 16.8 Å². The first-order valence-corrected chi connectivity index (χ1v) is 7.95. The number of rotatable bonds is 4. The molecule has 2 aliphatic rings. The molecule has 2 atom stereocenters. The molecule has 1 amide bonds. The molecule has 2 aliphatic heterocycles. The Morgan fingerprint density at radius 2 is 2.12 bits per heavy atom. The summed E-state index contributed by atoms with van der Waals surface area (Å²) in [6.45, 7) is 0.829. The van der Waals surface area contributed by atoms with E-state index in [-0.39, 0.29) is 42.7 Å². The first kappa shape index (κ1) is 17.5. The Hall–Kier alpha value is -2.35. The van der Waals surface area contributed by atoms with Crippen LogP contribution in [0.4, 0.5) is 4.39 Å². The highest BCUT2D eigenvalue weighted by Crippen LogP contribution is 2.44. The summed E-state index contributed by atoms with van der Waals surface area (Å²) < 4.78 is 30.0. The van der Waals surface area contributed by atoms with Crippen molar-refractivity contribution in [2.75, 3.05) is 40.5 Å². The predicted octanol–water partition coefficient (Wildman–Crippen LogP) is 1.41. The van der Waals surface area contributed by atoms with Crippen LogP contribution in [0, 0.1) is 17.2 Å². The van der Waals surface area contributed by atoms with E-state index < -0.39 is 23.1 Å². The highest BCUT2D eigenvalue weighted by atomic mass is 19.1. The van der Waals surface area contributed by atoms with E-state index in [9.17, 15) is 19.1 Å². The molecule has 0 spiro atoms. The van der Waals surface area contributed by atoms with E-state index in [1.54, 1.807) is 0 Å². The van der Waals surface area contributed by atoms with Gasteiger partial charge < -0.3 is 24.2 Å². The molecule has 1 aromatic rings. The molecule has 25 heavy (non-hydrogen) atoms. The van der Waals surface area contributed by atoms with E-state index in [0.29, 0.717) is 13.0 Å². The second-order valence-corrected chi connectivity index (χ2v) is 6.33. The standard InChI is InChI=1S/C17H20FNO6/c1-23-12-4-3-11(18)13(14(12)24-2)15(20)19-7-10-8-25-6-5-17(10,9-19)16(21)22/h3-4,10H,5-9H2,1-2H3,(H,21,22)/t10-,17+/m0/s1. The third-order valence-electron chi connectivity index (χ3n) is 5.13. The van der Waals surface area contributed by atoms with Crippen molar-refractivity contribution in [3.05, 3.63) is 23.5 Å². The topological polar surface area (TPSA) is 85.3 Å². The van der Waals surface area contributed by atoms with Gasteiger partial charge in [-0.3, -0.25) is 9.59 Å². The SMILES string of the molecule is COc1ccc(F)c(C(=O)N2C[C@H]3COCC[C@@]3(C(=O)O)C2)c1OC. The zero-order chi connectivity index (χ0) is 18.2. The number of amides is 1. The van der Waals surface area contributed by atoms with E-state index in [1.165, 1.54) is 25.2 Å². The second-order valence-electron chi connectivity index (χ2n) is 6.33. The van der Waals surface area contributed by atoms with Crippen LogP contribution in [0.5, 0.6) is 11.5 Å². The summed E-state index contributed by atoms with van der Waals surface area (Å²) in [4.78, 5) is 26.2. The fourth-order valence-corrected chi connectivity index (χ4v) is 3.71. The van der Waals surface area contributed by atoms with Gasteiger partial charge in [0.1, 0.15) is 11.4 Å². The Balaban J connectivity index is 1.96. The number of carboxylic acids is 1. The summed E-state index contributed by atoms with van der Waals surface area (Å²) in [5, 5.41) is 9.69. The molecule has 8 heteroatoms. The van der Waals surface area contributed by atoms with Gasteiger partial charge in [-0.25, -0.2) is 4.39 Å². The normalized spacial score (nSPS) is 25.4. The van der Waals surface area contributed by atoms with E-state index in [2.05, 4.69) is 0 Å². The van der Waals surface area contributed by atoms with Gasteiger partial charge in [0.15, 0.2) is 11.5 Å². The summed E-state index contributed by atoms with van der Waals surface area (Å²) in [5.74, 6) is -2.37. The van der Waals surface area contributed by atoms with Crippen LogP contribution in [0.2, 0.25) is 0 Å². The van der Waals surface area contributed by atoms with Gasteiger partial charge in [0.25, 0.3) is 5.91 Å². The van der Waals surface area contributed by atoms with Crippen molar-refractivity contribution in [1.82, 2.24) is 4.90 Å². The van der Waals surface area contributed by atoms with Gasteiger partial charge in [0.05, 0.1) is 26.2 Å². The molecular formula is C17H20FNO6. The highest BCUT2D eigenvalue weighted by molar-refractivity contribution is 5.99. The molecular weight excluding hydrogens is 333 g/mol. The van der Waals surface area contributed by atoms with E-state index in [4.69, 9.17) is 14.2 Å². The summed E-state index contributed by atoms with van der Waals surface area (Å²) in [6.07, 6.45) is 0.328. The van der Waals surface area contributed by atoms with E-state index in [0.717, 1.165) is 6.07 Å². The third-order valence-corrected chi connectivity index (χ3v) is 5.13. The fourth-order valence-electron chi connectivity index (χ4n) is 3.71. The van der Waals surface area contributed by atoms with Crippen LogP contribution < -0.4 is 9.47 Å². The summed E-state index contributed by atoms with van der Waals surface area (Å²) in [6, 6.07) is 2.51. The summed E-state index contributed by atoms with van der Waals surface area (Å²) in [7, 11) is 2.72. The van der Waals surface area contributed by atoms with Gasteiger partial charge in [-0.1, -0.05) is 0 Å². The summed E-state index contributed by atoms with van der Waals surface area (Å²) >= 11 is 0. The lowest BCUT2D eigenvalue weighted by Gasteiger charge is -2.33. The Labute approximate surface area is 144 Å². The molecule has 0 aliphatic carbocycles. The number of fused-ring (bicyclic) bond motifs is 1. The van der Waals surface area contributed by atoms with E-state index >= 15 is 0 Å². The maximum Gasteiger partial charge on any atom is 0.311 e. The molecule has 2 saturated heterocycles. The molecule has 3 rings (SSSR count). The first-order chi connectivity index (χ1) is 11.9. The zero-order valence-corrected chi connectivity index (χ0v) is 14.1. The smallest absolute Gasteiger partial charge is 0.311 e. The minimum Gasteiger partial charge on any atom is -0.493 e. The van der Waals surface area contributed by atoms with Gasteiger partial charge in [0, 0.05) is 25.6 Å². The van der Waals surface area contributed by atoms with Crippen LogP contribution in [0.3, 0.4) is 0 Å². The minimum atomic E-state index is -1.05. The lowest BCUT2D eigenvalue weighted by Crippen LogP contribution is -2.45. The zero-order valence-electron chi connectivity index (χ0n) is 14.1. The van der Waals surface area contributed by atoms with Gasteiger partial charge in [-0.15, -0.1) is 0 Å². The molecule has 0 unspecified atom stereocenters. The Kier molecular flexibility index (Phi) is 4.55. The highest BCUT2D eigenvalue weighted by Gasteiger charge is 2.55. The molecule has 7 nitrogen and oxygen atoms in total. The van der Waals surface area contributed by atoms with Crippen molar-refractivity contribution in [2.45, 2.75) is 6.42 Å². The summed E-state index contributed by atoms with van der Waals surface area (Å²) in [5.41, 5.74) is -1.29. The van der Waals surface area contributed by atoms with Crippen molar-refractivity contribution >= 4 is 11.9 Å². The fraction of sp³-hybridized carbons (Fsp3) is 0.529. The molecule has 0 saturated carbocycles. The number of hydrogen-bond acceptors (Lipinski definition) is 5. The predicted molar refractivity (Wildman–Crippen MR) is 84.4 cm³/mol. The van der Waals surface area contributed by atoms with Crippen LogP contribution in [-0.2, 0) is 9.53 Å². The lowest BCUT2D eigenvalue weighted by molar-refractivity contribution is -0.157. The maximum absolute atomic E-state index is 14.4. The number of nitrogens with zero attached hydrogens (tertiary/aromatic N) is 1. The van der Waals surface area contributed by atoms with Gasteiger partial charge in [0.2, 0.25) is 0 Å². The third kappa shape index (κ3) is 2.70. The molecule has 0 aromatic heterocycles. The second kappa shape index (κ2) is 6.51. The van der Waals surface area contributed by atoms with Crippen LogP contribution in [0.15, 0.2) is 12.1 Å². The van der Waals surface area contributed by atoms with Crippen molar-refractivity contribution in [3.63, 3.8) is 0 Å². The number of benzene rings is 1. The number of aliphatic carboxylic acids is 1. The van der Waals surface area contributed by atoms with Crippen LogP contribution >= 0.6 is 0 Å². The number of hydrogen-bond donors (Lipinski definition) is 1. The van der Waals surface area contributed by atoms with E-state index in [1.807, 2.05) is 0 Å². The number of carboxylic acid groups (broad SMARTS) is 1. The van der Waals surface area contributed by atoms with Gasteiger partial charge in [-0.2, -0.15) is 0 Å². The van der Waals surface area contributed by atoms with Crippen molar-refractivity contribution in [1.29, 1.82) is 0 Å². The molecule has 0 radical (unpaired) electrons. The number of halogens is 1. The molecule has 136 valence electrons. The van der Waals surface area contributed by atoms with Gasteiger partial charge in [-0.05, 0) is 18.6 Å². The lowest BCUT2D eigenvalue weighted by atomic mass is 9.74. The average molecular weight is 353 g/mol. The Bertz CT molecular complexity index is 709. The first-order valence-electron chi connectivity index (χ1n) is 7.95. The number of carbonyl (C=O) groups excluding carboxylic acids is 1. The molecule has 1 aromatic carbocycles. The number of methoxy groups -OCH3 is 2. The number of likely N-dealkylation sites (tertiary alicyclic amines) is 1. The minimum absolute atomic E-state index is 0.00277. The van der Waals surface area contributed by atoms with Gasteiger partial charge >= 0.3 is 5.97 Å². The molecule has 0 bridgehead atoms. The Morgan fingerprint density at radius 3 is 2.72 bits per heavy atom. The van der Waals surface area contributed by atoms with Crippen molar-refractivity contribution in [2.24, 2.45) is 11.3 Å². The number of ether oxygens (including phenoxy) is 3. The molecule has 2 heterocycles.